The number of piperazine rings is 1. The van der Waals surface area contributed by atoms with E-state index in [1.54, 1.807) is 24.0 Å². The number of benzene rings is 1. The molecule has 0 saturated carbocycles. The number of rotatable bonds is 3. The largest absolute Gasteiger partial charge is 0.480 e. The fraction of sp³-hybridized carbons (Fsp3) is 0.462. The Morgan fingerprint density at radius 3 is 2.68 bits per heavy atom. The van der Waals surface area contributed by atoms with Crippen LogP contribution in [-0.4, -0.2) is 42.2 Å². The van der Waals surface area contributed by atoms with Crippen molar-refractivity contribution in [2.75, 3.05) is 26.2 Å². The summed E-state index contributed by atoms with van der Waals surface area (Å²) in [6.45, 7) is 4.13. The van der Waals surface area contributed by atoms with Crippen LogP contribution in [-0.2, 0) is 10.3 Å². The topological polar surface area (TPSA) is 52.6 Å². The van der Waals surface area contributed by atoms with E-state index in [0.717, 1.165) is 0 Å². The van der Waals surface area contributed by atoms with E-state index in [0.29, 0.717) is 30.7 Å². The molecule has 1 atom stereocenters. The number of nitrogens with zero attached hydrogens (tertiary/aromatic N) is 1. The van der Waals surface area contributed by atoms with Crippen molar-refractivity contribution in [2.24, 2.45) is 0 Å². The van der Waals surface area contributed by atoms with Crippen LogP contribution in [0.2, 0.25) is 0 Å². The van der Waals surface area contributed by atoms with E-state index in [4.69, 9.17) is 0 Å². The fourth-order valence-corrected chi connectivity index (χ4v) is 2.76. The molecule has 1 aromatic rings. The molecular formula is C13H16BrFN2O2. The predicted octanol–water partition coefficient (Wildman–Crippen LogP) is 1.79. The predicted molar refractivity (Wildman–Crippen MR) is 73.5 cm³/mol. The molecule has 1 aromatic carbocycles. The molecule has 0 aromatic heterocycles. The number of carboxylic acids is 1. The van der Waals surface area contributed by atoms with Gasteiger partial charge in [-0.1, -0.05) is 15.9 Å². The van der Waals surface area contributed by atoms with Gasteiger partial charge in [0.15, 0.2) is 0 Å². The molecule has 6 heteroatoms. The summed E-state index contributed by atoms with van der Waals surface area (Å²) in [5.74, 6) is -1.53. The first-order chi connectivity index (χ1) is 8.96. The van der Waals surface area contributed by atoms with Gasteiger partial charge in [-0.2, -0.15) is 0 Å². The van der Waals surface area contributed by atoms with Crippen LogP contribution in [0, 0.1) is 5.82 Å². The highest BCUT2D eigenvalue weighted by atomic mass is 79.9. The van der Waals surface area contributed by atoms with Crippen molar-refractivity contribution in [2.45, 2.75) is 12.5 Å². The lowest BCUT2D eigenvalue weighted by Gasteiger charge is -2.40. The van der Waals surface area contributed by atoms with Crippen molar-refractivity contribution in [3.8, 4) is 0 Å². The molecular weight excluding hydrogens is 315 g/mol. The maximum atomic E-state index is 14.1. The van der Waals surface area contributed by atoms with Gasteiger partial charge in [-0.15, -0.1) is 0 Å². The van der Waals surface area contributed by atoms with Gasteiger partial charge >= 0.3 is 5.97 Å². The average molecular weight is 331 g/mol. The molecule has 0 aliphatic carbocycles. The lowest BCUT2D eigenvalue weighted by atomic mass is 9.89. The normalized spacial score (nSPS) is 19.9. The first kappa shape index (κ1) is 14.4. The molecule has 0 bridgehead atoms. The van der Waals surface area contributed by atoms with Crippen molar-refractivity contribution in [1.29, 1.82) is 0 Å². The minimum Gasteiger partial charge on any atom is -0.480 e. The first-order valence-electron chi connectivity index (χ1n) is 6.11. The highest BCUT2D eigenvalue weighted by Gasteiger charge is 2.43. The molecule has 0 spiro atoms. The lowest BCUT2D eigenvalue weighted by Crippen LogP contribution is -2.57. The monoisotopic (exact) mass is 330 g/mol. The van der Waals surface area contributed by atoms with Crippen molar-refractivity contribution in [1.82, 2.24) is 10.2 Å². The van der Waals surface area contributed by atoms with Crippen LogP contribution in [0.4, 0.5) is 4.39 Å². The Balaban J connectivity index is 2.48. The van der Waals surface area contributed by atoms with E-state index in [9.17, 15) is 14.3 Å². The zero-order valence-electron chi connectivity index (χ0n) is 10.6. The van der Waals surface area contributed by atoms with Gasteiger partial charge in [0, 0.05) is 36.2 Å². The SMILES string of the molecule is CC(C(=O)O)(c1cc(Br)ccc1F)N1CCNCC1. The Kier molecular flexibility index (Phi) is 4.23. The Bertz CT molecular complexity index is 492. The van der Waals surface area contributed by atoms with E-state index in [2.05, 4.69) is 21.2 Å². The summed E-state index contributed by atoms with van der Waals surface area (Å²) in [5.41, 5.74) is -1.16. The van der Waals surface area contributed by atoms with Crippen LogP contribution in [0.1, 0.15) is 12.5 Å². The van der Waals surface area contributed by atoms with Gasteiger partial charge in [-0.3, -0.25) is 4.90 Å². The first-order valence-corrected chi connectivity index (χ1v) is 6.90. The van der Waals surface area contributed by atoms with Crippen LogP contribution in [0.15, 0.2) is 22.7 Å². The van der Waals surface area contributed by atoms with Crippen LogP contribution in [0.5, 0.6) is 0 Å². The molecule has 4 nitrogen and oxygen atoms in total. The number of aliphatic carboxylic acids is 1. The molecule has 104 valence electrons. The highest BCUT2D eigenvalue weighted by molar-refractivity contribution is 9.10. The second-order valence-corrected chi connectivity index (χ2v) is 5.65. The average Bonchev–Trinajstić information content (AvgIpc) is 2.41. The van der Waals surface area contributed by atoms with Crippen LogP contribution < -0.4 is 5.32 Å². The van der Waals surface area contributed by atoms with E-state index < -0.39 is 17.3 Å². The lowest BCUT2D eigenvalue weighted by molar-refractivity contribution is -0.152. The minimum atomic E-state index is -1.35. The Hall–Kier alpha value is -0.980. The molecule has 1 fully saturated rings. The molecule has 1 unspecified atom stereocenters. The zero-order chi connectivity index (χ0) is 14.0. The molecule has 1 aliphatic rings. The third kappa shape index (κ3) is 2.66. The number of carbonyl (C=O) groups is 1. The van der Waals surface area contributed by atoms with Gasteiger partial charge < -0.3 is 10.4 Å². The summed E-state index contributed by atoms with van der Waals surface area (Å²) < 4.78 is 14.7. The maximum Gasteiger partial charge on any atom is 0.328 e. The molecule has 2 N–H and O–H groups in total. The number of carboxylic acid groups (broad SMARTS) is 1. The van der Waals surface area contributed by atoms with Gasteiger partial charge in [0.1, 0.15) is 11.4 Å². The van der Waals surface area contributed by atoms with Gasteiger partial charge in [0.2, 0.25) is 0 Å². The van der Waals surface area contributed by atoms with E-state index in [1.807, 2.05) is 0 Å². The second kappa shape index (κ2) is 5.56. The van der Waals surface area contributed by atoms with Crippen molar-refractivity contribution in [3.63, 3.8) is 0 Å². The van der Waals surface area contributed by atoms with Gasteiger partial charge in [-0.25, -0.2) is 9.18 Å². The summed E-state index contributed by atoms with van der Waals surface area (Å²) in [7, 11) is 0. The standard InChI is InChI=1S/C13H16BrFN2O2/c1-13(12(18)19,17-6-4-16-5-7-17)10-8-9(14)2-3-11(10)15/h2-3,8,16H,4-7H2,1H3,(H,18,19). The zero-order valence-corrected chi connectivity index (χ0v) is 12.2. The summed E-state index contributed by atoms with van der Waals surface area (Å²) in [6, 6.07) is 4.41. The van der Waals surface area contributed by atoms with Crippen LogP contribution in [0.3, 0.4) is 0 Å². The van der Waals surface area contributed by atoms with Crippen LogP contribution >= 0.6 is 15.9 Å². The van der Waals surface area contributed by atoms with E-state index >= 15 is 0 Å². The number of hydrogen-bond donors (Lipinski definition) is 2. The summed E-state index contributed by atoms with van der Waals surface area (Å²) in [4.78, 5) is 13.5. The molecule has 1 aliphatic heterocycles. The van der Waals surface area contributed by atoms with E-state index in [1.165, 1.54) is 6.07 Å². The summed E-state index contributed by atoms with van der Waals surface area (Å²) >= 11 is 3.27. The van der Waals surface area contributed by atoms with E-state index in [-0.39, 0.29) is 5.56 Å². The molecule has 0 amide bonds. The number of nitrogens with one attached hydrogen (secondary N) is 1. The van der Waals surface area contributed by atoms with Crippen LogP contribution in [0.25, 0.3) is 0 Å². The maximum absolute atomic E-state index is 14.1. The minimum absolute atomic E-state index is 0.191. The molecule has 1 saturated heterocycles. The quantitative estimate of drug-likeness (QED) is 0.887. The summed E-state index contributed by atoms with van der Waals surface area (Å²) in [5, 5.41) is 12.8. The number of hydrogen-bond acceptors (Lipinski definition) is 3. The Morgan fingerprint density at radius 1 is 1.47 bits per heavy atom. The second-order valence-electron chi connectivity index (χ2n) is 4.74. The third-order valence-electron chi connectivity index (χ3n) is 3.62. The third-order valence-corrected chi connectivity index (χ3v) is 4.11. The fourth-order valence-electron chi connectivity index (χ4n) is 2.40. The number of halogens is 2. The van der Waals surface area contributed by atoms with Crippen molar-refractivity contribution in [3.05, 3.63) is 34.1 Å². The molecule has 1 heterocycles. The smallest absolute Gasteiger partial charge is 0.328 e. The van der Waals surface area contributed by atoms with Crippen molar-refractivity contribution < 1.29 is 14.3 Å². The Labute approximate surface area is 119 Å². The van der Waals surface area contributed by atoms with Gasteiger partial charge in [-0.05, 0) is 25.1 Å². The van der Waals surface area contributed by atoms with Crippen molar-refractivity contribution >= 4 is 21.9 Å². The molecule has 0 radical (unpaired) electrons. The molecule has 19 heavy (non-hydrogen) atoms. The van der Waals surface area contributed by atoms with Gasteiger partial charge in [0.25, 0.3) is 0 Å². The highest BCUT2D eigenvalue weighted by Crippen LogP contribution is 2.32. The van der Waals surface area contributed by atoms with Gasteiger partial charge in [0.05, 0.1) is 0 Å². The summed E-state index contributed by atoms with van der Waals surface area (Å²) in [6.07, 6.45) is 0. The Morgan fingerprint density at radius 2 is 2.11 bits per heavy atom. The molecule has 2 rings (SSSR count).